The van der Waals surface area contributed by atoms with Crippen LogP contribution in [0.5, 0.6) is 0 Å². The summed E-state index contributed by atoms with van der Waals surface area (Å²) in [5.74, 6) is 1.17. The molecular formula is C17H26N4O2. The van der Waals surface area contributed by atoms with Gasteiger partial charge in [0.1, 0.15) is 17.7 Å². The van der Waals surface area contributed by atoms with Crippen molar-refractivity contribution >= 4 is 11.8 Å². The molecule has 6 nitrogen and oxygen atoms in total. The van der Waals surface area contributed by atoms with Gasteiger partial charge in [0, 0.05) is 31.4 Å². The lowest BCUT2D eigenvalue weighted by Gasteiger charge is -2.40. The Morgan fingerprint density at radius 1 is 1.48 bits per heavy atom. The molecule has 2 aliphatic rings. The van der Waals surface area contributed by atoms with Crippen molar-refractivity contribution in [1.29, 1.82) is 0 Å². The van der Waals surface area contributed by atoms with Gasteiger partial charge >= 0.3 is 5.97 Å². The van der Waals surface area contributed by atoms with Crippen molar-refractivity contribution in [3.05, 3.63) is 17.6 Å². The topological polar surface area (TPSA) is 78.4 Å². The first-order chi connectivity index (χ1) is 11.0. The molecule has 3 rings (SSSR count). The standard InChI is InChI=1S/C17H26N4O2/c1-3-4-13-10-18-12(2)20-15(13)21-7-5-17(6-8-21)9-14(16(22)23)19-11-17/h10,14,19H,3-9,11H2,1-2H3,(H,22,23). The zero-order valence-electron chi connectivity index (χ0n) is 14.0. The maximum Gasteiger partial charge on any atom is 0.320 e. The van der Waals surface area contributed by atoms with Gasteiger partial charge in [-0.15, -0.1) is 0 Å². The monoisotopic (exact) mass is 318 g/mol. The van der Waals surface area contributed by atoms with Crippen molar-refractivity contribution in [3.8, 4) is 0 Å². The van der Waals surface area contributed by atoms with Crippen molar-refractivity contribution in [2.45, 2.75) is 52.0 Å². The number of hydrogen-bond acceptors (Lipinski definition) is 5. The van der Waals surface area contributed by atoms with Gasteiger partial charge in [0.05, 0.1) is 0 Å². The SMILES string of the molecule is CCCc1cnc(C)nc1N1CCC2(CC1)CNC(C(=O)O)C2. The number of carboxylic acid groups (broad SMARTS) is 1. The largest absolute Gasteiger partial charge is 0.480 e. The molecule has 6 heteroatoms. The lowest BCUT2D eigenvalue weighted by Crippen LogP contribution is -2.42. The van der Waals surface area contributed by atoms with Gasteiger partial charge in [-0.25, -0.2) is 9.97 Å². The molecule has 1 aromatic heterocycles. The molecule has 0 amide bonds. The molecular weight excluding hydrogens is 292 g/mol. The average Bonchev–Trinajstić information content (AvgIpc) is 2.94. The number of carbonyl (C=O) groups is 1. The van der Waals surface area contributed by atoms with Gasteiger partial charge in [0.25, 0.3) is 0 Å². The Hall–Kier alpha value is -1.69. The first-order valence-corrected chi connectivity index (χ1v) is 8.57. The Bertz CT molecular complexity index is 582. The number of aromatic nitrogens is 2. The van der Waals surface area contributed by atoms with Gasteiger partial charge in [-0.2, -0.15) is 0 Å². The number of nitrogens with one attached hydrogen (secondary N) is 1. The smallest absolute Gasteiger partial charge is 0.320 e. The van der Waals surface area contributed by atoms with Crippen LogP contribution in [0.2, 0.25) is 0 Å². The lowest BCUT2D eigenvalue weighted by atomic mass is 9.76. The molecule has 126 valence electrons. The molecule has 1 spiro atoms. The molecule has 2 saturated heterocycles. The Kier molecular flexibility index (Phi) is 4.53. The fourth-order valence-corrected chi connectivity index (χ4v) is 3.87. The van der Waals surface area contributed by atoms with Gasteiger partial charge in [-0.05, 0) is 38.0 Å². The Balaban J connectivity index is 1.70. The molecule has 0 saturated carbocycles. The second kappa shape index (κ2) is 6.43. The molecule has 0 aliphatic carbocycles. The van der Waals surface area contributed by atoms with E-state index in [4.69, 9.17) is 0 Å². The van der Waals surface area contributed by atoms with Crippen LogP contribution < -0.4 is 10.2 Å². The summed E-state index contributed by atoms with van der Waals surface area (Å²) >= 11 is 0. The third kappa shape index (κ3) is 3.32. The third-order valence-electron chi connectivity index (χ3n) is 5.26. The number of piperidine rings is 1. The molecule has 0 radical (unpaired) electrons. The van der Waals surface area contributed by atoms with E-state index >= 15 is 0 Å². The fraction of sp³-hybridized carbons (Fsp3) is 0.706. The summed E-state index contributed by atoms with van der Waals surface area (Å²) in [5, 5.41) is 12.4. The minimum Gasteiger partial charge on any atom is -0.480 e. The third-order valence-corrected chi connectivity index (χ3v) is 5.26. The van der Waals surface area contributed by atoms with E-state index in [-0.39, 0.29) is 11.5 Å². The van der Waals surface area contributed by atoms with Crippen LogP contribution in [-0.4, -0.2) is 46.7 Å². The number of carboxylic acids is 1. The molecule has 2 aliphatic heterocycles. The number of anilines is 1. The molecule has 0 bridgehead atoms. The number of rotatable bonds is 4. The number of nitrogens with zero attached hydrogens (tertiary/aromatic N) is 3. The summed E-state index contributed by atoms with van der Waals surface area (Å²) in [7, 11) is 0. The molecule has 1 aromatic rings. The second-order valence-electron chi connectivity index (χ2n) is 6.98. The van der Waals surface area contributed by atoms with Crippen LogP contribution in [0.15, 0.2) is 6.20 Å². The highest BCUT2D eigenvalue weighted by molar-refractivity contribution is 5.74. The van der Waals surface area contributed by atoms with Crippen LogP contribution in [0.25, 0.3) is 0 Å². The molecule has 1 atom stereocenters. The molecule has 23 heavy (non-hydrogen) atoms. The summed E-state index contributed by atoms with van der Waals surface area (Å²) in [5.41, 5.74) is 1.37. The van der Waals surface area contributed by atoms with E-state index in [0.717, 1.165) is 63.4 Å². The van der Waals surface area contributed by atoms with Crippen molar-refractivity contribution in [3.63, 3.8) is 0 Å². The zero-order valence-corrected chi connectivity index (χ0v) is 14.0. The van der Waals surface area contributed by atoms with E-state index in [2.05, 4.69) is 27.1 Å². The van der Waals surface area contributed by atoms with Crippen LogP contribution in [0.3, 0.4) is 0 Å². The van der Waals surface area contributed by atoms with E-state index in [1.165, 1.54) is 5.56 Å². The minimum absolute atomic E-state index is 0.145. The highest BCUT2D eigenvalue weighted by Crippen LogP contribution is 2.40. The molecule has 1 unspecified atom stereocenters. The van der Waals surface area contributed by atoms with Crippen molar-refractivity contribution in [2.75, 3.05) is 24.5 Å². The van der Waals surface area contributed by atoms with E-state index in [1.807, 2.05) is 13.1 Å². The second-order valence-corrected chi connectivity index (χ2v) is 6.98. The highest BCUT2D eigenvalue weighted by atomic mass is 16.4. The number of aryl methyl sites for hydroxylation is 2. The Labute approximate surface area is 137 Å². The summed E-state index contributed by atoms with van der Waals surface area (Å²) in [6, 6.07) is -0.376. The predicted molar refractivity (Wildman–Crippen MR) is 88.7 cm³/mol. The maximum atomic E-state index is 11.2. The Morgan fingerprint density at radius 2 is 2.22 bits per heavy atom. The van der Waals surface area contributed by atoms with E-state index in [1.54, 1.807) is 0 Å². The minimum atomic E-state index is -0.721. The van der Waals surface area contributed by atoms with Gasteiger partial charge in [-0.3, -0.25) is 4.79 Å². The maximum absolute atomic E-state index is 11.2. The normalized spacial score (nSPS) is 23.4. The summed E-state index contributed by atoms with van der Waals surface area (Å²) in [6.45, 7) is 6.82. The predicted octanol–water partition coefficient (Wildman–Crippen LogP) is 1.77. The van der Waals surface area contributed by atoms with Crippen LogP contribution in [0.4, 0.5) is 5.82 Å². The summed E-state index contributed by atoms with van der Waals surface area (Å²) < 4.78 is 0. The van der Waals surface area contributed by atoms with E-state index < -0.39 is 5.97 Å². The van der Waals surface area contributed by atoms with Gasteiger partial charge < -0.3 is 15.3 Å². The molecule has 0 aromatic carbocycles. The van der Waals surface area contributed by atoms with Gasteiger partial charge in [0.15, 0.2) is 0 Å². The first kappa shape index (κ1) is 16.2. The van der Waals surface area contributed by atoms with Crippen molar-refractivity contribution < 1.29 is 9.90 Å². The van der Waals surface area contributed by atoms with Gasteiger partial charge in [0.2, 0.25) is 0 Å². The first-order valence-electron chi connectivity index (χ1n) is 8.57. The fourth-order valence-electron chi connectivity index (χ4n) is 3.87. The molecule has 2 fully saturated rings. The molecule has 2 N–H and O–H groups in total. The van der Waals surface area contributed by atoms with E-state index in [0.29, 0.717) is 0 Å². The summed E-state index contributed by atoms with van der Waals surface area (Å²) in [6.07, 6.45) is 6.85. The average molecular weight is 318 g/mol. The van der Waals surface area contributed by atoms with Crippen molar-refractivity contribution in [2.24, 2.45) is 5.41 Å². The highest BCUT2D eigenvalue weighted by Gasteiger charge is 2.43. The zero-order chi connectivity index (χ0) is 16.4. The van der Waals surface area contributed by atoms with Crippen LogP contribution in [0, 0.1) is 12.3 Å². The number of hydrogen-bond donors (Lipinski definition) is 2. The quantitative estimate of drug-likeness (QED) is 0.881. The van der Waals surface area contributed by atoms with Gasteiger partial charge in [-0.1, -0.05) is 13.3 Å². The summed E-state index contributed by atoms with van der Waals surface area (Å²) in [4.78, 5) is 22.6. The van der Waals surface area contributed by atoms with Crippen LogP contribution in [-0.2, 0) is 11.2 Å². The molecule has 3 heterocycles. The number of aliphatic carboxylic acids is 1. The van der Waals surface area contributed by atoms with E-state index in [9.17, 15) is 9.90 Å². The van der Waals surface area contributed by atoms with Crippen molar-refractivity contribution in [1.82, 2.24) is 15.3 Å². The van der Waals surface area contributed by atoms with Crippen LogP contribution >= 0.6 is 0 Å². The Morgan fingerprint density at radius 3 is 2.83 bits per heavy atom. The van der Waals surface area contributed by atoms with Crippen LogP contribution in [0.1, 0.15) is 44.0 Å². The lowest BCUT2D eigenvalue weighted by molar-refractivity contribution is -0.139.